The summed E-state index contributed by atoms with van der Waals surface area (Å²) in [5.41, 5.74) is 1.80. The van der Waals surface area contributed by atoms with Gasteiger partial charge in [-0.1, -0.05) is 48.0 Å². The molecule has 2 aromatic rings. The van der Waals surface area contributed by atoms with E-state index >= 15 is 0 Å². The van der Waals surface area contributed by atoms with Gasteiger partial charge in [0.1, 0.15) is 11.9 Å². The van der Waals surface area contributed by atoms with Crippen LogP contribution in [0, 0.1) is 6.92 Å². The molecule has 122 valence electrons. The summed E-state index contributed by atoms with van der Waals surface area (Å²) in [4.78, 5) is 11.5. The Labute approximate surface area is 135 Å². The average molecular weight is 333 g/mol. The summed E-state index contributed by atoms with van der Waals surface area (Å²) in [5, 5.41) is 11.9. The van der Waals surface area contributed by atoms with Crippen molar-refractivity contribution in [2.75, 3.05) is 5.88 Å². The molecule has 0 aromatic heterocycles. The third-order valence-electron chi connectivity index (χ3n) is 3.48. The maximum Gasteiger partial charge on any atom is 0.321 e. The van der Waals surface area contributed by atoms with Crippen LogP contribution in [0.25, 0.3) is 0 Å². The maximum atomic E-state index is 12.3. The van der Waals surface area contributed by atoms with E-state index in [0.29, 0.717) is 0 Å². The van der Waals surface area contributed by atoms with E-state index in [-0.39, 0.29) is 11.3 Å². The zero-order valence-electron chi connectivity index (χ0n) is 12.8. The zero-order valence-corrected chi connectivity index (χ0v) is 13.6. The fourth-order valence-corrected chi connectivity index (χ4v) is 3.27. The first-order valence-corrected chi connectivity index (χ1v) is 8.83. The van der Waals surface area contributed by atoms with Gasteiger partial charge in [0.25, 0.3) is 0 Å². The fraction of sp³-hybridized carbons (Fsp3) is 0.235. The second-order valence-electron chi connectivity index (χ2n) is 5.36. The second-order valence-corrected chi connectivity index (χ2v) is 7.35. The molecule has 2 N–H and O–H groups in total. The Morgan fingerprint density at radius 1 is 1.09 bits per heavy atom. The Morgan fingerprint density at radius 2 is 1.70 bits per heavy atom. The Hall–Kier alpha value is -2.18. The van der Waals surface area contributed by atoms with Crippen molar-refractivity contribution in [2.45, 2.75) is 24.3 Å². The normalized spacial score (nSPS) is 12.7. The van der Waals surface area contributed by atoms with E-state index in [1.807, 2.05) is 37.3 Å². The van der Waals surface area contributed by atoms with Crippen LogP contribution in [0.15, 0.2) is 59.5 Å². The highest BCUT2D eigenvalue weighted by molar-refractivity contribution is 7.91. The van der Waals surface area contributed by atoms with E-state index in [1.54, 1.807) is 12.1 Å². The molecule has 5 nitrogen and oxygen atoms in total. The first-order valence-electron chi connectivity index (χ1n) is 7.18. The molecule has 2 aromatic carbocycles. The van der Waals surface area contributed by atoms with Gasteiger partial charge in [0.15, 0.2) is 9.84 Å². The average Bonchev–Trinajstić information content (AvgIpc) is 2.52. The first kappa shape index (κ1) is 17.2. The van der Waals surface area contributed by atoms with Gasteiger partial charge in [-0.3, -0.25) is 10.1 Å². The van der Waals surface area contributed by atoms with Crippen LogP contribution >= 0.6 is 0 Å². The minimum Gasteiger partial charge on any atom is -0.480 e. The summed E-state index contributed by atoms with van der Waals surface area (Å²) in [5.74, 6) is -1.49. The SMILES string of the molecule is Cc1ccc(S(=O)(=O)CN[C@@H](Cc2ccccc2)C(=O)O)cc1. The van der Waals surface area contributed by atoms with Crippen molar-refractivity contribution in [3.05, 3.63) is 65.7 Å². The molecular formula is C17H19NO4S. The number of carbonyl (C=O) groups is 1. The molecule has 0 unspecified atom stereocenters. The summed E-state index contributed by atoms with van der Waals surface area (Å²) < 4.78 is 24.5. The summed E-state index contributed by atoms with van der Waals surface area (Å²) in [6.45, 7) is 1.87. The lowest BCUT2D eigenvalue weighted by Crippen LogP contribution is -2.41. The molecule has 0 heterocycles. The highest BCUT2D eigenvalue weighted by Crippen LogP contribution is 2.12. The van der Waals surface area contributed by atoms with Crippen LogP contribution in [0.2, 0.25) is 0 Å². The van der Waals surface area contributed by atoms with E-state index < -0.39 is 27.7 Å². The van der Waals surface area contributed by atoms with Gasteiger partial charge in [0.05, 0.1) is 4.90 Å². The van der Waals surface area contributed by atoms with Crippen molar-refractivity contribution >= 4 is 15.8 Å². The number of carboxylic acids is 1. The molecule has 1 atom stereocenters. The smallest absolute Gasteiger partial charge is 0.321 e. The number of rotatable bonds is 7. The number of benzene rings is 2. The lowest BCUT2D eigenvalue weighted by Gasteiger charge is -2.15. The Kier molecular flexibility index (Phi) is 5.52. The summed E-state index contributed by atoms with van der Waals surface area (Å²) >= 11 is 0. The molecule has 0 radical (unpaired) electrons. The highest BCUT2D eigenvalue weighted by atomic mass is 32.2. The van der Waals surface area contributed by atoms with Gasteiger partial charge in [-0.2, -0.15) is 0 Å². The molecule has 23 heavy (non-hydrogen) atoms. The predicted octanol–water partition coefficient (Wildman–Crippen LogP) is 2.01. The number of hydrogen-bond acceptors (Lipinski definition) is 4. The molecule has 2 rings (SSSR count). The molecule has 0 saturated heterocycles. The van der Waals surface area contributed by atoms with Gasteiger partial charge in [0, 0.05) is 0 Å². The number of nitrogens with one attached hydrogen (secondary N) is 1. The standard InChI is InChI=1S/C17H19NO4S/c1-13-7-9-15(10-8-13)23(21,22)12-18-16(17(19)20)11-14-5-3-2-4-6-14/h2-10,16,18H,11-12H2,1H3,(H,19,20)/t16-/m0/s1. The molecule has 0 spiro atoms. The van der Waals surface area contributed by atoms with Gasteiger partial charge in [-0.15, -0.1) is 0 Å². The molecule has 0 aliphatic heterocycles. The minimum absolute atomic E-state index is 0.180. The van der Waals surface area contributed by atoms with Crippen molar-refractivity contribution in [2.24, 2.45) is 0 Å². The lowest BCUT2D eigenvalue weighted by atomic mass is 10.1. The van der Waals surface area contributed by atoms with Crippen molar-refractivity contribution < 1.29 is 18.3 Å². The first-order chi connectivity index (χ1) is 10.9. The molecule has 0 fully saturated rings. The van der Waals surface area contributed by atoms with Crippen LogP contribution in [0.5, 0.6) is 0 Å². The van der Waals surface area contributed by atoms with Crippen LogP contribution in [-0.4, -0.2) is 31.4 Å². The third-order valence-corrected chi connectivity index (χ3v) is 5.02. The van der Waals surface area contributed by atoms with Crippen molar-refractivity contribution in [1.82, 2.24) is 5.32 Å². The number of carboxylic acid groups (broad SMARTS) is 1. The Balaban J connectivity index is 2.06. The molecule has 0 bridgehead atoms. The molecule has 0 aliphatic carbocycles. The molecule has 0 saturated carbocycles. The van der Waals surface area contributed by atoms with Crippen LogP contribution < -0.4 is 5.32 Å². The topological polar surface area (TPSA) is 83.5 Å². The van der Waals surface area contributed by atoms with Crippen molar-refractivity contribution in [3.63, 3.8) is 0 Å². The number of aliphatic carboxylic acids is 1. The molecular weight excluding hydrogens is 314 g/mol. The van der Waals surface area contributed by atoms with Gasteiger partial charge in [-0.05, 0) is 31.0 Å². The van der Waals surface area contributed by atoms with Gasteiger partial charge in [-0.25, -0.2) is 8.42 Å². The van der Waals surface area contributed by atoms with Gasteiger partial charge >= 0.3 is 5.97 Å². The highest BCUT2D eigenvalue weighted by Gasteiger charge is 2.21. The van der Waals surface area contributed by atoms with Crippen molar-refractivity contribution in [1.29, 1.82) is 0 Å². The largest absolute Gasteiger partial charge is 0.480 e. The van der Waals surface area contributed by atoms with E-state index in [4.69, 9.17) is 0 Å². The third kappa shape index (κ3) is 4.91. The number of sulfone groups is 1. The molecule has 0 amide bonds. The molecule has 6 heteroatoms. The summed E-state index contributed by atoms with van der Waals surface area (Å²) in [6, 6.07) is 14.6. The second kappa shape index (κ2) is 7.39. The number of hydrogen-bond donors (Lipinski definition) is 2. The van der Waals surface area contributed by atoms with Crippen LogP contribution in [0.4, 0.5) is 0 Å². The lowest BCUT2D eigenvalue weighted by molar-refractivity contribution is -0.139. The minimum atomic E-state index is -3.57. The Morgan fingerprint density at radius 3 is 2.26 bits per heavy atom. The van der Waals surface area contributed by atoms with Crippen molar-refractivity contribution in [3.8, 4) is 0 Å². The molecule has 0 aliphatic rings. The van der Waals surface area contributed by atoms with Crippen LogP contribution in [-0.2, 0) is 21.1 Å². The Bertz CT molecular complexity index is 755. The predicted molar refractivity (Wildman–Crippen MR) is 87.9 cm³/mol. The fourth-order valence-electron chi connectivity index (χ4n) is 2.14. The van der Waals surface area contributed by atoms with E-state index in [9.17, 15) is 18.3 Å². The van der Waals surface area contributed by atoms with Crippen LogP contribution in [0.1, 0.15) is 11.1 Å². The summed E-state index contributed by atoms with van der Waals surface area (Å²) in [7, 11) is -3.57. The summed E-state index contributed by atoms with van der Waals surface area (Å²) in [6.07, 6.45) is 0.222. The van der Waals surface area contributed by atoms with E-state index in [2.05, 4.69) is 5.32 Å². The quantitative estimate of drug-likeness (QED) is 0.810. The van der Waals surface area contributed by atoms with E-state index in [1.165, 1.54) is 12.1 Å². The monoisotopic (exact) mass is 333 g/mol. The van der Waals surface area contributed by atoms with Gasteiger partial charge < -0.3 is 5.11 Å². The van der Waals surface area contributed by atoms with Gasteiger partial charge in [0.2, 0.25) is 0 Å². The maximum absolute atomic E-state index is 12.3. The zero-order chi connectivity index (χ0) is 16.9. The van der Waals surface area contributed by atoms with Crippen LogP contribution in [0.3, 0.4) is 0 Å². The van der Waals surface area contributed by atoms with E-state index in [0.717, 1.165) is 11.1 Å². The number of aryl methyl sites for hydroxylation is 1.